The Hall–Kier alpha value is -2.10. The molecular weight excluding hydrogens is 264 g/mol. The standard InChI is InChI=1S/C17H22N2O2/c1-4-9-19(17(21)12(2)3)11-14-10-13-7-5-6-8-15(13)18-16(14)20/h5-8,10,12H,4,9,11H2,1-3H3,(H,18,20). The van der Waals surface area contributed by atoms with E-state index in [-0.39, 0.29) is 17.4 Å². The number of pyridine rings is 1. The second kappa shape index (κ2) is 6.57. The zero-order chi connectivity index (χ0) is 15.4. The van der Waals surface area contributed by atoms with Crippen LogP contribution < -0.4 is 5.56 Å². The average molecular weight is 286 g/mol. The predicted molar refractivity (Wildman–Crippen MR) is 85.1 cm³/mol. The molecule has 0 unspecified atom stereocenters. The van der Waals surface area contributed by atoms with Crippen molar-refractivity contribution in [3.63, 3.8) is 0 Å². The number of nitrogens with zero attached hydrogens (tertiary/aromatic N) is 1. The summed E-state index contributed by atoms with van der Waals surface area (Å²) in [6.45, 7) is 6.84. The number of amides is 1. The first-order chi connectivity index (χ1) is 10.0. The van der Waals surface area contributed by atoms with Gasteiger partial charge in [0.15, 0.2) is 0 Å². The Morgan fingerprint density at radius 1 is 1.29 bits per heavy atom. The highest BCUT2D eigenvalue weighted by atomic mass is 16.2. The molecule has 0 saturated heterocycles. The van der Waals surface area contributed by atoms with Crippen LogP contribution in [0.15, 0.2) is 35.1 Å². The van der Waals surface area contributed by atoms with Gasteiger partial charge in [-0.3, -0.25) is 9.59 Å². The average Bonchev–Trinajstić information content (AvgIpc) is 2.46. The number of hydrogen-bond acceptors (Lipinski definition) is 2. The summed E-state index contributed by atoms with van der Waals surface area (Å²) in [5, 5.41) is 0.987. The van der Waals surface area contributed by atoms with Crippen LogP contribution in [0.5, 0.6) is 0 Å². The number of rotatable bonds is 5. The van der Waals surface area contributed by atoms with Crippen LogP contribution in [0.3, 0.4) is 0 Å². The quantitative estimate of drug-likeness (QED) is 0.918. The topological polar surface area (TPSA) is 53.2 Å². The van der Waals surface area contributed by atoms with Crippen LogP contribution in [0.2, 0.25) is 0 Å². The van der Waals surface area contributed by atoms with Crippen LogP contribution >= 0.6 is 0 Å². The van der Waals surface area contributed by atoms with Gasteiger partial charge in [-0.15, -0.1) is 0 Å². The third-order valence-electron chi connectivity index (χ3n) is 3.49. The number of benzene rings is 1. The molecule has 0 spiro atoms. The lowest BCUT2D eigenvalue weighted by molar-refractivity contribution is -0.135. The first-order valence-corrected chi connectivity index (χ1v) is 7.42. The first-order valence-electron chi connectivity index (χ1n) is 7.42. The summed E-state index contributed by atoms with van der Waals surface area (Å²) in [7, 11) is 0. The van der Waals surface area contributed by atoms with E-state index >= 15 is 0 Å². The molecule has 4 heteroatoms. The molecule has 2 rings (SSSR count). The first kappa shape index (κ1) is 15.3. The summed E-state index contributed by atoms with van der Waals surface area (Å²) in [6.07, 6.45) is 0.879. The highest BCUT2D eigenvalue weighted by Gasteiger charge is 2.18. The summed E-state index contributed by atoms with van der Waals surface area (Å²) < 4.78 is 0. The number of fused-ring (bicyclic) bond motifs is 1. The molecule has 1 heterocycles. The number of H-pyrrole nitrogens is 1. The molecule has 0 radical (unpaired) electrons. The van der Waals surface area contributed by atoms with Crippen molar-refractivity contribution in [1.82, 2.24) is 9.88 Å². The van der Waals surface area contributed by atoms with Gasteiger partial charge in [0.1, 0.15) is 0 Å². The maximum absolute atomic E-state index is 12.2. The Bertz CT molecular complexity index is 688. The van der Waals surface area contributed by atoms with Gasteiger partial charge in [0.05, 0.1) is 6.54 Å². The van der Waals surface area contributed by atoms with Crippen molar-refractivity contribution in [3.8, 4) is 0 Å². The van der Waals surface area contributed by atoms with Crippen molar-refractivity contribution in [2.45, 2.75) is 33.7 Å². The van der Waals surface area contributed by atoms with Gasteiger partial charge in [-0.25, -0.2) is 0 Å². The summed E-state index contributed by atoms with van der Waals surface area (Å²) >= 11 is 0. The molecule has 4 nitrogen and oxygen atoms in total. The molecule has 0 fully saturated rings. The third kappa shape index (κ3) is 3.51. The Kier molecular flexibility index (Phi) is 4.78. The normalized spacial score (nSPS) is 11.0. The SMILES string of the molecule is CCCN(Cc1cc2ccccc2[nH]c1=O)C(=O)C(C)C. The van der Waals surface area contributed by atoms with Crippen LogP contribution in [0.4, 0.5) is 0 Å². The molecule has 0 bridgehead atoms. The summed E-state index contributed by atoms with van der Waals surface area (Å²) in [4.78, 5) is 29.0. The Morgan fingerprint density at radius 2 is 2.00 bits per heavy atom. The van der Waals surface area contributed by atoms with E-state index < -0.39 is 0 Å². The number of nitrogens with one attached hydrogen (secondary N) is 1. The van der Waals surface area contributed by atoms with Gasteiger partial charge in [-0.2, -0.15) is 0 Å². The lowest BCUT2D eigenvalue weighted by Crippen LogP contribution is -2.36. The Morgan fingerprint density at radius 3 is 2.67 bits per heavy atom. The van der Waals surface area contributed by atoms with E-state index in [4.69, 9.17) is 0 Å². The minimum Gasteiger partial charge on any atom is -0.338 e. The van der Waals surface area contributed by atoms with Gasteiger partial charge in [0, 0.05) is 23.5 Å². The fourth-order valence-electron chi connectivity index (χ4n) is 2.42. The second-order valence-electron chi connectivity index (χ2n) is 5.63. The number of aromatic amines is 1. The van der Waals surface area contributed by atoms with Crippen LogP contribution in [-0.2, 0) is 11.3 Å². The predicted octanol–water partition coefficient (Wildman–Crippen LogP) is 2.92. The van der Waals surface area contributed by atoms with Crippen molar-refractivity contribution in [2.75, 3.05) is 6.54 Å². The Balaban J connectivity index is 2.34. The van der Waals surface area contributed by atoms with Crippen molar-refractivity contribution < 1.29 is 4.79 Å². The van der Waals surface area contributed by atoms with Crippen LogP contribution in [0.1, 0.15) is 32.8 Å². The van der Waals surface area contributed by atoms with E-state index in [9.17, 15) is 9.59 Å². The summed E-state index contributed by atoms with van der Waals surface area (Å²) in [6, 6.07) is 9.55. The van der Waals surface area contributed by atoms with Crippen LogP contribution in [0, 0.1) is 5.92 Å². The number of carbonyl (C=O) groups excluding carboxylic acids is 1. The van der Waals surface area contributed by atoms with Crippen LogP contribution in [-0.4, -0.2) is 22.3 Å². The van der Waals surface area contributed by atoms with E-state index in [1.807, 2.05) is 51.1 Å². The zero-order valence-electron chi connectivity index (χ0n) is 12.8. The fraction of sp³-hybridized carbons (Fsp3) is 0.412. The van der Waals surface area contributed by atoms with Crippen molar-refractivity contribution in [1.29, 1.82) is 0 Å². The van der Waals surface area contributed by atoms with Crippen molar-refractivity contribution in [3.05, 3.63) is 46.2 Å². The molecule has 1 amide bonds. The lowest BCUT2D eigenvalue weighted by atomic mass is 10.1. The van der Waals surface area contributed by atoms with E-state index in [0.29, 0.717) is 18.7 Å². The number of para-hydroxylation sites is 1. The molecule has 0 aliphatic carbocycles. The molecule has 0 saturated carbocycles. The third-order valence-corrected chi connectivity index (χ3v) is 3.49. The highest BCUT2D eigenvalue weighted by Crippen LogP contribution is 2.13. The van der Waals surface area contributed by atoms with Gasteiger partial charge in [-0.1, -0.05) is 39.0 Å². The molecule has 112 valence electrons. The molecule has 2 aromatic rings. The monoisotopic (exact) mass is 286 g/mol. The molecule has 1 aromatic heterocycles. The molecule has 21 heavy (non-hydrogen) atoms. The highest BCUT2D eigenvalue weighted by molar-refractivity contribution is 5.80. The van der Waals surface area contributed by atoms with Gasteiger partial charge in [-0.05, 0) is 23.9 Å². The number of aromatic nitrogens is 1. The molecule has 0 atom stereocenters. The molecule has 1 aromatic carbocycles. The largest absolute Gasteiger partial charge is 0.338 e. The van der Waals surface area contributed by atoms with Gasteiger partial charge in [0.25, 0.3) is 5.56 Å². The molecule has 0 aliphatic rings. The molecule has 0 aliphatic heterocycles. The zero-order valence-corrected chi connectivity index (χ0v) is 12.8. The van der Waals surface area contributed by atoms with E-state index in [0.717, 1.165) is 17.3 Å². The molecular formula is C17H22N2O2. The van der Waals surface area contributed by atoms with Gasteiger partial charge < -0.3 is 9.88 Å². The molecule has 1 N–H and O–H groups in total. The number of hydrogen-bond donors (Lipinski definition) is 1. The van der Waals surface area contributed by atoms with Crippen LogP contribution in [0.25, 0.3) is 10.9 Å². The van der Waals surface area contributed by atoms with Crippen molar-refractivity contribution in [2.24, 2.45) is 5.92 Å². The van der Waals surface area contributed by atoms with Crippen molar-refractivity contribution >= 4 is 16.8 Å². The summed E-state index contributed by atoms with van der Waals surface area (Å²) in [5.41, 5.74) is 1.34. The minimum atomic E-state index is -0.119. The van der Waals surface area contributed by atoms with E-state index in [1.165, 1.54) is 0 Å². The smallest absolute Gasteiger partial charge is 0.253 e. The lowest BCUT2D eigenvalue weighted by Gasteiger charge is -2.24. The summed E-state index contributed by atoms with van der Waals surface area (Å²) in [5.74, 6) is 0.0282. The Labute approximate surface area is 124 Å². The maximum atomic E-state index is 12.2. The van der Waals surface area contributed by atoms with Gasteiger partial charge >= 0.3 is 0 Å². The van der Waals surface area contributed by atoms with E-state index in [1.54, 1.807) is 4.90 Å². The fourth-order valence-corrected chi connectivity index (χ4v) is 2.42. The van der Waals surface area contributed by atoms with Gasteiger partial charge in [0.2, 0.25) is 5.91 Å². The maximum Gasteiger partial charge on any atom is 0.253 e. The second-order valence-corrected chi connectivity index (χ2v) is 5.63. The van der Waals surface area contributed by atoms with E-state index in [2.05, 4.69) is 4.98 Å². The minimum absolute atomic E-state index is 0.0592. The number of carbonyl (C=O) groups is 1.